The van der Waals surface area contributed by atoms with Gasteiger partial charge in [0.15, 0.2) is 0 Å². The first-order valence-corrected chi connectivity index (χ1v) is 5.53. The lowest BCUT2D eigenvalue weighted by atomic mass is 10.2. The van der Waals surface area contributed by atoms with Gasteiger partial charge in [-0.2, -0.15) is 0 Å². The van der Waals surface area contributed by atoms with Gasteiger partial charge in [0.1, 0.15) is 0 Å². The lowest BCUT2D eigenvalue weighted by molar-refractivity contribution is -0.0870. The van der Waals surface area contributed by atoms with Gasteiger partial charge >= 0.3 is 0 Å². The Hall–Kier alpha value is -0.160. The van der Waals surface area contributed by atoms with Crippen molar-refractivity contribution in [1.29, 1.82) is 0 Å². The topological polar surface area (TPSA) is 56.5 Å². The number of ether oxygens (including phenoxy) is 2. The summed E-state index contributed by atoms with van der Waals surface area (Å²) in [6, 6.07) is 0.992. The largest absolute Gasteiger partial charge is 0.376 e. The van der Waals surface area contributed by atoms with Gasteiger partial charge in [-0.25, -0.2) is 0 Å². The smallest absolute Gasteiger partial charge is 0.0933 e. The lowest BCUT2D eigenvalue weighted by Crippen LogP contribution is -2.41. The van der Waals surface area contributed by atoms with E-state index in [2.05, 4.69) is 5.32 Å². The predicted octanol–water partition coefficient (Wildman–Crippen LogP) is -0.129. The number of nitrogens with two attached hydrogens (primary N) is 1. The van der Waals surface area contributed by atoms with Crippen molar-refractivity contribution in [2.24, 2.45) is 5.73 Å². The molecule has 1 saturated heterocycles. The molecule has 14 heavy (non-hydrogen) atoms. The van der Waals surface area contributed by atoms with Crippen molar-refractivity contribution in [2.45, 2.75) is 37.5 Å². The van der Waals surface area contributed by atoms with Crippen molar-refractivity contribution < 1.29 is 9.47 Å². The molecule has 2 aliphatic rings. The summed E-state index contributed by atoms with van der Waals surface area (Å²) in [4.78, 5) is 0. The van der Waals surface area contributed by atoms with Gasteiger partial charge in [-0.05, 0) is 19.3 Å². The van der Waals surface area contributed by atoms with Crippen LogP contribution in [-0.4, -0.2) is 44.6 Å². The van der Waals surface area contributed by atoms with Crippen LogP contribution in [-0.2, 0) is 9.47 Å². The number of nitrogens with one attached hydrogen (secondary N) is 1. The third-order valence-electron chi connectivity index (χ3n) is 2.99. The first-order valence-electron chi connectivity index (χ1n) is 5.53. The number of rotatable bonds is 3. The third-order valence-corrected chi connectivity index (χ3v) is 2.99. The second kappa shape index (κ2) is 5.07. The van der Waals surface area contributed by atoms with Crippen molar-refractivity contribution in [2.75, 3.05) is 26.4 Å². The third kappa shape index (κ3) is 2.92. The van der Waals surface area contributed by atoms with Gasteiger partial charge < -0.3 is 20.5 Å². The average molecular weight is 200 g/mol. The second-order valence-electron chi connectivity index (χ2n) is 4.25. The molecule has 0 amide bonds. The van der Waals surface area contributed by atoms with E-state index in [0.717, 1.165) is 39.2 Å². The van der Waals surface area contributed by atoms with E-state index in [1.165, 1.54) is 6.42 Å². The van der Waals surface area contributed by atoms with Crippen LogP contribution in [0.4, 0.5) is 0 Å². The molecule has 1 aliphatic carbocycles. The van der Waals surface area contributed by atoms with Crippen LogP contribution in [0.5, 0.6) is 0 Å². The van der Waals surface area contributed by atoms with Crippen molar-refractivity contribution in [3.63, 3.8) is 0 Å². The molecule has 0 aromatic rings. The first kappa shape index (κ1) is 10.4. The van der Waals surface area contributed by atoms with Gasteiger partial charge in [0.25, 0.3) is 0 Å². The molecule has 0 spiro atoms. The SMILES string of the molecule is NC1CCC(NCC2COCCO2)C1. The van der Waals surface area contributed by atoms with Crippen LogP contribution >= 0.6 is 0 Å². The first-order chi connectivity index (χ1) is 6.84. The molecule has 0 aromatic carbocycles. The molecule has 0 aromatic heterocycles. The summed E-state index contributed by atoms with van der Waals surface area (Å²) in [5.74, 6) is 0. The molecule has 1 saturated carbocycles. The Bertz CT molecular complexity index is 167. The van der Waals surface area contributed by atoms with Crippen LogP contribution in [0.1, 0.15) is 19.3 Å². The van der Waals surface area contributed by atoms with E-state index in [-0.39, 0.29) is 6.10 Å². The molecule has 2 fully saturated rings. The maximum Gasteiger partial charge on any atom is 0.0933 e. The van der Waals surface area contributed by atoms with Crippen LogP contribution in [0, 0.1) is 0 Å². The fraction of sp³-hybridized carbons (Fsp3) is 1.00. The Morgan fingerprint density at radius 3 is 2.86 bits per heavy atom. The van der Waals surface area contributed by atoms with Crippen molar-refractivity contribution >= 4 is 0 Å². The summed E-state index contributed by atoms with van der Waals surface area (Å²) in [6.45, 7) is 3.10. The molecule has 3 unspecified atom stereocenters. The zero-order valence-corrected chi connectivity index (χ0v) is 8.58. The van der Waals surface area contributed by atoms with E-state index in [1.54, 1.807) is 0 Å². The minimum atomic E-state index is 0.237. The fourth-order valence-electron chi connectivity index (χ4n) is 2.15. The quantitative estimate of drug-likeness (QED) is 0.666. The summed E-state index contributed by atoms with van der Waals surface area (Å²) >= 11 is 0. The van der Waals surface area contributed by atoms with E-state index in [0.29, 0.717) is 12.1 Å². The van der Waals surface area contributed by atoms with Gasteiger partial charge in [-0.15, -0.1) is 0 Å². The lowest BCUT2D eigenvalue weighted by Gasteiger charge is -2.24. The molecule has 0 bridgehead atoms. The molecule has 4 heteroatoms. The molecule has 3 atom stereocenters. The fourth-order valence-corrected chi connectivity index (χ4v) is 2.15. The summed E-state index contributed by atoms with van der Waals surface area (Å²) in [7, 11) is 0. The summed E-state index contributed by atoms with van der Waals surface area (Å²) in [5, 5.41) is 3.50. The van der Waals surface area contributed by atoms with Gasteiger partial charge in [0.2, 0.25) is 0 Å². The van der Waals surface area contributed by atoms with Gasteiger partial charge in [-0.3, -0.25) is 0 Å². The van der Waals surface area contributed by atoms with Crippen LogP contribution in [0.2, 0.25) is 0 Å². The van der Waals surface area contributed by atoms with Crippen molar-refractivity contribution in [1.82, 2.24) is 5.32 Å². The Labute approximate surface area is 85.1 Å². The zero-order chi connectivity index (χ0) is 9.80. The van der Waals surface area contributed by atoms with Gasteiger partial charge in [0, 0.05) is 18.6 Å². The van der Waals surface area contributed by atoms with E-state index >= 15 is 0 Å². The molecular weight excluding hydrogens is 180 g/mol. The monoisotopic (exact) mass is 200 g/mol. The zero-order valence-electron chi connectivity index (χ0n) is 8.58. The molecule has 1 aliphatic heterocycles. The number of hydrogen-bond donors (Lipinski definition) is 2. The van der Waals surface area contributed by atoms with Crippen LogP contribution in [0.25, 0.3) is 0 Å². The maximum atomic E-state index is 5.84. The van der Waals surface area contributed by atoms with Crippen LogP contribution < -0.4 is 11.1 Å². The highest BCUT2D eigenvalue weighted by atomic mass is 16.6. The average Bonchev–Trinajstić information content (AvgIpc) is 2.63. The van der Waals surface area contributed by atoms with E-state index in [1.807, 2.05) is 0 Å². The predicted molar refractivity (Wildman–Crippen MR) is 54.2 cm³/mol. The normalized spacial score (nSPS) is 38.8. The van der Waals surface area contributed by atoms with E-state index in [9.17, 15) is 0 Å². The van der Waals surface area contributed by atoms with Crippen LogP contribution in [0.15, 0.2) is 0 Å². The summed E-state index contributed by atoms with van der Waals surface area (Å²) in [6.07, 6.45) is 3.70. The highest BCUT2D eigenvalue weighted by Gasteiger charge is 2.22. The summed E-state index contributed by atoms with van der Waals surface area (Å²) in [5.41, 5.74) is 5.84. The van der Waals surface area contributed by atoms with Crippen molar-refractivity contribution in [3.05, 3.63) is 0 Å². The standard InChI is InChI=1S/C10H20N2O2/c11-8-1-2-9(5-8)12-6-10-7-13-3-4-14-10/h8-10,12H,1-7,11H2. The minimum absolute atomic E-state index is 0.237. The summed E-state index contributed by atoms with van der Waals surface area (Å²) < 4.78 is 10.9. The van der Waals surface area contributed by atoms with Crippen molar-refractivity contribution in [3.8, 4) is 0 Å². The second-order valence-corrected chi connectivity index (χ2v) is 4.25. The molecule has 82 valence electrons. The Morgan fingerprint density at radius 1 is 1.29 bits per heavy atom. The van der Waals surface area contributed by atoms with Gasteiger partial charge in [-0.1, -0.05) is 0 Å². The Morgan fingerprint density at radius 2 is 2.21 bits per heavy atom. The maximum absolute atomic E-state index is 5.84. The minimum Gasteiger partial charge on any atom is -0.376 e. The highest BCUT2D eigenvalue weighted by molar-refractivity contribution is 4.83. The van der Waals surface area contributed by atoms with Crippen LogP contribution in [0.3, 0.4) is 0 Å². The molecule has 1 heterocycles. The van der Waals surface area contributed by atoms with Gasteiger partial charge in [0.05, 0.1) is 25.9 Å². The molecule has 0 radical (unpaired) electrons. The molecule has 3 N–H and O–H groups in total. The molecule has 2 rings (SSSR count). The van der Waals surface area contributed by atoms with E-state index in [4.69, 9.17) is 15.2 Å². The Balaban J connectivity index is 1.61. The Kier molecular flexibility index (Phi) is 3.75. The molecule has 4 nitrogen and oxygen atoms in total. The highest BCUT2D eigenvalue weighted by Crippen LogP contribution is 2.17. The molecular formula is C10H20N2O2. The number of hydrogen-bond acceptors (Lipinski definition) is 4. The van der Waals surface area contributed by atoms with E-state index < -0.39 is 0 Å².